The Labute approximate surface area is 142 Å². The number of primary amides is 1. The van der Waals surface area contributed by atoms with E-state index in [2.05, 4.69) is 4.90 Å². The predicted molar refractivity (Wildman–Crippen MR) is 90.3 cm³/mol. The lowest BCUT2D eigenvalue weighted by atomic mass is 9.77. The number of likely N-dealkylation sites (tertiary alicyclic amines) is 2. The van der Waals surface area contributed by atoms with E-state index in [4.69, 9.17) is 10.5 Å². The average molecular weight is 331 g/mol. The molecule has 3 rings (SSSR count). The molecule has 2 amide bonds. The molecule has 0 aliphatic carbocycles. The molecule has 2 N–H and O–H groups in total. The summed E-state index contributed by atoms with van der Waals surface area (Å²) in [5, 5.41) is 0. The van der Waals surface area contributed by atoms with E-state index in [9.17, 15) is 9.59 Å². The van der Waals surface area contributed by atoms with Gasteiger partial charge in [-0.25, -0.2) is 0 Å². The van der Waals surface area contributed by atoms with Gasteiger partial charge >= 0.3 is 0 Å². The van der Waals surface area contributed by atoms with Gasteiger partial charge < -0.3 is 15.4 Å². The van der Waals surface area contributed by atoms with Gasteiger partial charge in [-0.15, -0.1) is 0 Å². The minimum Gasteiger partial charge on any atom is -0.497 e. The maximum absolute atomic E-state index is 12.5. The van der Waals surface area contributed by atoms with Crippen LogP contribution < -0.4 is 10.5 Å². The molecule has 130 valence electrons. The van der Waals surface area contributed by atoms with Crippen LogP contribution in [0.3, 0.4) is 0 Å². The number of hydrogen-bond acceptors (Lipinski definition) is 4. The Morgan fingerprint density at radius 2 is 2.08 bits per heavy atom. The van der Waals surface area contributed by atoms with Gasteiger partial charge in [0.25, 0.3) is 0 Å². The molecule has 2 aliphatic heterocycles. The van der Waals surface area contributed by atoms with Crippen molar-refractivity contribution in [1.29, 1.82) is 0 Å². The number of ether oxygens (including phenoxy) is 1. The van der Waals surface area contributed by atoms with Gasteiger partial charge in [0, 0.05) is 19.5 Å². The SMILES string of the molecule is COc1cccc(CN2CC3(CCN(CC(N)=O)CC3)CC2=O)c1. The summed E-state index contributed by atoms with van der Waals surface area (Å²) in [5.41, 5.74) is 6.42. The molecule has 0 saturated carbocycles. The zero-order valence-corrected chi connectivity index (χ0v) is 14.2. The largest absolute Gasteiger partial charge is 0.497 e. The number of nitrogens with zero attached hydrogens (tertiary/aromatic N) is 2. The minimum absolute atomic E-state index is 0.0596. The molecule has 0 atom stereocenters. The number of rotatable bonds is 5. The molecule has 0 bridgehead atoms. The predicted octanol–water partition coefficient (Wildman–Crippen LogP) is 0.995. The topological polar surface area (TPSA) is 75.9 Å². The van der Waals surface area contributed by atoms with Crippen LogP contribution in [0.5, 0.6) is 5.75 Å². The Hall–Kier alpha value is -2.08. The molecule has 6 nitrogen and oxygen atoms in total. The van der Waals surface area contributed by atoms with Crippen LogP contribution in [0.4, 0.5) is 0 Å². The van der Waals surface area contributed by atoms with E-state index in [0.717, 1.165) is 43.8 Å². The van der Waals surface area contributed by atoms with E-state index in [-0.39, 0.29) is 17.2 Å². The fourth-order valence-corrected chi connectivity index (χ4v) is 3.86. The number of methoxy groups -OCH3 is 1. The van der Waals surface area contributed by atoms with Crippen LogP contribution in [-0.2, 0) is 16.1 Å². The van der Waals surface area contributed by atoms with Gasteiger partial charge in [0.1, 0.15) is 5.75 Å². The molecule has 0 aromatic heterocycles. The highest BCUT2D eigenvalue weighted by Crippen LogP contribution is 2.41. The molecule has 1 spiro atoms. The summed E-state index contributed by atoms with van der Waals surface area (Å²) in [5.74, 6) is 0.753. The van der Waals surface area contributed by atoms with Crippen LogP contribution in [0.1, 0.15) is 24.8 Å². The molecule has 0 unspecified atom stereocenters. The van der Waals surface area contributed by atoms with Crippen LogP contribution in [0.15, 0.2) is 24.3 Å². The summed E-state index contributed by atoms with van der Waals surface area (Å²) in [7, 11) is 1.65. The van der Waals surface area contributed by atoms with Gasteiger partial charge in [-0.2, -0.15) is 0 Å². The second-order valence-electron chi connectivity index (χ2n) is 7.02. The zero-order valence-electron chi connectivity index (χ0n) is 14.2. The Balaban J connectivity index is 1.60. The normalized spacial score (nSPS) is 20.5. The molecule has 1 aromatic rings. The fourth-order valence-electron chi connectivity index (χ4n) is 3.86. The molecule has 2 fully saturated rings. The summed E-state index contributed by atoms with van der Waals surface area (Å²) >= 11 is 0. The third kappa shape index (κ3) is 3.70. The summed E-state index contributed by atoms with van der Waals surface area (Å²) in [4.78, 5) is 27.6. The number of piperidine rings is 1. The first-order chi connectivity index (χ1) is 11.5. The molecular formula is C18H25N3O3. The van der Waals surface area contributed by atoms with Crippen molar-refractivity contribution in [1.82, 2.24) is 9.80 Å². The number of benzene rings is 1. The lowest BCUT2D eigenvalue weighted by Crippen LogP contribution is -2.44. The summed E-state index contributed by atoms with van der Waals surface area (Å²) in [6.45, 7) is 3.42. The standard InChI is InChI=1S/C18H25N3O3/c1-24-15-4-2-3-14(9-15)11-21-13-18(10-17(21)23)5-7-20(8-6-18)12-16(19)22/h2-4,9H,5-8,10-13H2,1H3,(H2,19,22). The van der Waals surface area contributed by atoms with Crippen LogP contribution in [-0.4, -0.2) is 54.9 Å². The first-order valence-electron chi connectivity index (χ1n) is 8.41. The molecule has 2 saturated heterocycles. The molecule has 1 aromatic carbocycles. The van der Waals surface area contributed by atoms with Crippen LogP contribution in [0.2, 0.25) is 0 Å². The summed E-state index contributed by atoms with van der Waals surface area (Å²) in [6, 6.07) is 7.86. The molecule has 2 aliphatic rings. The first-order valence-corrected chi connectivity index (χ1v) is 8.41. The number of carbonyl (C=O) groups excluding carboxylic acids is 2. The molecule has 0 radical (unpaired) electrons. The number of hydrogen-bond donors (Lipinski definition) is 1. The van der Waals surface area contributed by atoms with Crippen molar-refractivity contribution in [3.63, 3.8) is 0 Å². The molecule has 6 heteroatoms. The Morgan fingerprint density at radius 3 is 2.75 bits per heavy atom. The van der Waals surface area contributed by atoms with Crippen molar-refractivity contribution in [2.24, 2.45) is 11.1 Å². The van der Waals surface area contributed by atoms with Crippen molar-refractivity contribution < 1.29 is 14.3 Å². The van der Waals surface area contributed by atoms with Gasteiger partial charge in [0.15, 0.2) is 0 Å². The van der Waals surface area contributed by atoms with Crippen LogP contribution in [0, 0.1) is 5.41 Å². The number of amides is 2. The first kappa shape index (κ1) is 16.8. The zero-order chi connectivity index (χ0) is 17.2. The highest BCUT2D eigenvalue weighted by molar-refractivity contribution is 5.79. The molecule has 2 heterocycles. The second-order valence-corrected chi connectivity index (χ2v) is 7.02. The van der Waals surface area contributed by atoms with E-state index in [1.165, 1.54) is 0 Å². The number of carbonyl (C=O) groups is 2. The van der Waals surface area contributed by atoms with Gasteiger partial charge in [-0.05, 0) is 49.0 Å². The van der Waals surface area contributed by atoms with Crippen molar-refractivity contribution in [3.8, 4) is 5.75 Å². The summed E-state index contributed by atoms with van der Waals surface area (Å²) in [6.07, 6.45) is 2.50. The van der Waals surface area contributed by atoms with Gasteiger partial charge in [-0.3, -0.25) is 14.5 Å². The Morgan fingerprint density at radius 1 is 1.33 bits per heavy atom. The van der Waals surface area contributed by atoms with Crippen LogP contribution in [0.25, 0.3) is 0 Å². The van der Waals surface area contributed by atoms with E-state index in [1.54, 1.807) is 7.11 Å². The maximum Gasteiger partial charge on any atom is 0.231 e. The van der Waals surface area contributed by atoms with Crippen LogP contribution >= 0.6 is 0 Å². The molecule has 24 heavy (non-hydrogen) atoms. The smallest absolute Gasteiger partial charge is 0.231 e. The third-order valence-electron chi connectivity index (χ3n) is 5.21. The molecular weight excluding hydrogens is 306 g/mol. The van der Waals surface area contributed by atoms with Gasteiger partial charge in [-0.1, -0.05) is 12.1 Å². The lowest BCUT2D eigenvalue weighted by molar-refractivity contribution is -0.128. The van der Waals surface area contributed by atoms with Gasteiger partial charge in [0.05, 0.1) is 13.7 Å². The highest BCUT2D eigenvalue weighted by Gasteiger charge is 2.44. The minimum atomic E-state index is -0.284. The monoisotopic (exact) mass is 331 g/mol. The Bertz CT molecular complexity index is 624. The second kappa shape index (κ2) is 6.81. The maximum atomic E-state index is 12.5. The van der Waals surface area contributed by atoms with Crippen molar-refractivity contribution in [3.05, 3.63) is 29.8 Å². The summed E-state index contributed by atoms with van der Waals surface area (Å²) < 4.78 is 5.25. The quantitative estimate of drug-likeness (QED) is 0.873. The lowest BCUT2D eigenvalue weighted by Gasteiger charge is -2.38. The van der Waals surface area contributed by atoms with E-state index >= 15 is 0 Å². The van der Waals surface area contributed by atoms with E-state index in [1.807, 2.05) is 29.2 Å². The van der Waals surface area contributed by atoms with E-state index in [0.29, 0.717) is 19.5 Å². The van der Waals surface area contributed by atoms with Gasteiger partial charge in [0.2, 0.25) is 11.8 Å². The van der Waals surface area contributed by atoms with Crippen molar-refractivity contribution >= 4 is 11.8 Å². The van der Waals surface area contributed by atoms with Crippen molar-refractivity contribution in [2.45, 2.75) is 25.8 Å². The fraction of sp³-hybridized carbons (Fsp3) is 0.556. The van der Waals surface area contributed by atoms with Crippen molar-refractivity contribution in [2.75, 3.05) is 33.3 Å². The number of nitrogens with two attached hydrogens (primary N) is 1. The Kier molecular flexibility index (Phi) is 4.76. The average Bonchev–Trinajstić information content (AvgIpc) is 2.85. The van der Waals surface area contributed by atoms with E-state index < -0.39 is 0 Å². The highest BCUT2D eigenvalue weighted by atomic mass is 16.5. The third-order valence-corrected chi connectivity index (χ3v) is 5.21.